The highest BCUT2D eigenvalue weighted by Crippen LogP contribution is 2.46. The molecule has 0 fully saturated rings. The molecule has 7 aromatic carbocycles. The number of nitrogens with one attached hydrogen (secondary N) is 1. The molecule has 3 heterocycles. The quantitative estimate of drug-likeness (QED) is 0.115. The van der Waals surface area contributed by atoms with Crippen molar-refractivity contribution in [3.63, 3.8) is 0 Å². The van der Waals surface area contributed by atoms with E-state index < -0.39 is 0 Å². The van der Waals surface area contributed by atoms with Gasteiger partial charge in [-0.1, -0.05) is 144 Å². The van der Waals surface area contributed by atoms with E-state index in [0.717, 1.165) is 25.1 Å². The molecule has 0 atom stereocenters. The first-order valence-electron chi connectivity index (χ1n) is 20.6. The van der Waals surface area contributed by atoms with Gasteiger partial charge >= 0.3 is 0 Å². The highest BCUT2D eigenvalue weighted by Gasteiger charge is 2.32. The summed E-state index contributed by atoms with van der Waals surface area (Å²) in [6.45, 7) is 9.25. The third-order valence-electron chi connectivity index (χ3n) is 12.0. The minimum absolute atomic E-state index is 0.0155. The van der Waals surface area contributed by atoms with E-state index in [1.165, 1.54) is 112 Å². The first-order chi connectivity index (χ1) is 27.9. The average Bonchev–Trinajstić information content (AvgIpc) is 3.78. The Morgan fingerprint density at radius 3 is 2.12 bits per heavy atom. The maximum absolute atomic E-state index is 3.87. The van der Waals surface area contributed by atoms with Crippen molar-refractivity contribution in [1.82, 2.24) is 4.57 Å². The molecule has 0 saturated heterocycles. The number of benzene rings is 7. The first kappa shape index (κ1) is 35.6. The Hall–Kier alpha value is -5.84. The molecule has 0 unspecified atom stereocenters. The minimum atomic E-state index is 0.0155. The molecular weight excluding hydrogens is 707 g/mol. The number of aromatic nitrogens is 1. The van der Waals surface area contributed by atoms with Crippen LogP contribution in [0.2, 0.25) is 0 Å². The SMILES string of the molecule is CCCCCc1ccc(Nc2ccccc2-c2cc(-c3ccccc3)c3c4cc(C(C)(C)C)ccc4n4c3c2Bc2sc3ccc(-c5ccccc5)cc3c2-4)cc1. The largest absolute Gasteiger partial charge is 0.355 e. The second-order valence-electron chi connectivity index (χ2n) is 16.8. The van der Waals surface area contributed by atoms with Crippen LogP contribution < -0.4 is 15.6 Å². The van der Waals surface area contributed by atoms with Crippen LogP contribution in [0.25, 0.3) is 71.0 Å². The minimum Gasteiger partial charge on any atom is -0.355 e. The average molecular weight is 755 g/mol. The van der Waals surface area contributed by atoms with Gasteiger partial charge in [0.05, 0.1) is 11.2 Å². The summed E-state index contributed by atoms with van der Waals surface area (Å²) in [5.41, 5.74) is 17.9. The number of rotatable bonds is 9. The Kier molecular flexibility index (Phi) is 8.91. The lowest BCUT2D eigenvalue weighted by Gasteiger charge is -2.23. The van der Waals surface area contributed by atoms with Gasteiger partial charge in [0.1, 0.15) is 0 Å². The van der Waals surface area contributed by atoms with E-state index >= 15 is 0 Å². The lowest BCUT2D eigenvalue weighted by molar-refractivity contribution is 0.591. The van der Waals surface area contributed by atoms with Gasteiger partial charge < -0.3 is 9.88 Å². The van der Waals surface area contributed by atoms with Crippen molar-refractivity contribution in [2.45, 2.75) is 58.8 Å². The lowest BCUT2D eigenvalue weighted by Crippen LogP contribution is -2.35. The van der Waals surface area contributed by atoms with Crippen molar-refractivity contribution in [3.8, 4) is 39.1 Å². The fourth-order valence-electron chi connectivity index (χ4n) is 9.03. The number of anilines is 2. The molecule has 57 heavy (non-hydrogen) atoms. The number of fused-ring (bicyclic) bond motifs is 7. The van der Waals surface area contributed by atoms with Crippen LogP contribution in [-0.2, 0) is 11.8 Å². The third kappa shape index (κ3) is 6.28. The standard InChI is InChI=1S/C53H47BN2S/c1-5-6-9-16-34-23-27-39(28-24-34)55-45-22-15-14-21-40(45)42-33-41(36-19-12-8-13-20-36)48-43-32-38(53(2,3)4)26-29-46(43)56-50-44-31-37(35-17-10-7-11-18-35)25-30-47(44)57-52(50)54-49(42)51(48)56/h7-8,10-15,17-33,54-55H,5-6,9,16H2,1-4H3. The molecule has 4 heteroatoms. The highest BCUT2D eigenvalue weighted by molar-refractivity contribution is 7.29. The molecule has 0 bridgehead atoms. The van der Waals surface area contributed by atoms with Gasteiger partial charge in [-0.05, 0) is 116 Å². The summed E-state index contributed by atoms with van der Waals surface area (Å²) in [5.74, 6) is 0. The summed E-state index contributed by atoms with van der Waals surface area (Å²) in [4.78, 5) is 0. The van der Waals surface area contributed by atoms with Crippen LogP contribution in [0.1, 0.15) is 58.1 Å². The van der Waals surface area contributed by atoms with E-state index in [1.807, 2.05) is 11.3 Å². The van der Waals surface area contributed by atoms with Gasteiger partial charge in [-0.2, -0.15) is 0 Å². The summed E-state index contributed by atoms with van der Waals surface area (Å²) < 4.78 is 5.39. The maximum atomic E-state index is 3.87. The number of aryl methyl sites for hydroxylation is 1. The Morgan fingerprint density at radius 1 is 0.632 bits per heavy atom. The van der Waals surface area contributed by atoms with Crippen LogP contribution in [0.3, 0.4) is 0 Å². The number of unbranched alkanes of at least 4 members (excludes halogenated alkanes) is 2. The first-order valence-corrected chi connectivity index (χ1v) is 21.4. The van der Waals surface area contributed by atoms with Gasteiger partial charge in [0.15, 0.2) is 0 Å². The number of hydrogen-bond acceptors (Lipinski definition) is 2. The van der Waals surface area contributed by atoms with Gasteiger partial charge in [0.25, 0.3) is 0 Å². The van der Waals surface area contributed by atoms with Crippen molar-refractivity contribution in [2.24, 2.45) is 0 Å². The van der Waals surface area contributed by atoms with Crippen molar-refractivity contribution >= 4 is 72.1 Å². The van der Waals surface area contributed by atoms with Crippen LogP contribution in [-0.4, -0.2) is 11.8 Å². The molecule has 1 aliphatic heterocycles. The Labute approximate surface area is 341 Å². The van der Waals surface area contributed by atoms with E-state index in [2.05, 4.69) is 189 Å². The maximum Gasteiger partial charge on any atom is 0.211 e. The second-order valence-corrected chi connectivity index (χ2v) is 17.9. The summed E-state index contributed by atoms with van der Waals surface area (Å²) in [7, 11) is 0.874. The van der Waals surface area contributed by atoms with Gasteiger partial charge in [0, 0.05) is 43.3 Å². The molecule has 1 N–H and O–H groups in total. The molecule has 0 amide bonds. The van der Waals surface area contributed by atoms with Crippen LogP contribution in [0.4, 0.5) is 11.4 Å². The van der Waals surface area contributed by atoms with E-state index in [9.17, 15) is 0 Å². The molecule has 1 aliphatic rings. The van der Waals surface area contributed by atoms with E-state index in [1.54, 1.807) is 0 Å². The summed E-state index contributed by atoms with van der Waals surface area (Å²) >= 11 is 1.95. The normalized spacial score (nSPS) is 12.3. The van der Waals surface area contributed by atoms with Crippen molar-refractivity contribution in [1.29, 1.82) is 0 Å². The van der Waals surface area contributed by atoms with Crippen LogP contribution in [0, 0.1) is 0 Å². The van der Waals surface area contributed by atoms with Crippen molar-refractivity contribution in [3.05, 3.63) is 163 Å². The summed E-state index contributed by atoms with van der Waals surface area (Å²) in [6, 6.07) is 56.7. The predicted octanol–water partition coefficient (Wildman–Crippen LogP) is 13.5. The third-order valence-corrected chi connectivity index (χ3v) is 13.2. The monoisotopic (exact) mass is 754 g/mol. The van der Waals surface area contributed by atoms with Crippen LogP contribution in [0.5, 0.6) is 0 Å². The summed E-state index contributed by atoms with van der Waals surface area (Å²) in [6.07, 6.45) is 4.90. The topological polar surface area (TPSA) is 17.0 Å². The molecule has 0 aliphatic carbocycles. The molecule has 0 spiro atoms. The molecule has 278 valence electrons. The molecule has 2 aromatic heterocycles. The lowest BCUT2D eigenvalue weighted by atomic mass is 9.62. The number of hydrogen-bond donors (Lipinski definition) is 1. The van der Waals surface area contributed by atoms with Crippen LogP contribution in [0.15, 0.2) is 152 Å². The zero-order chi connectivity index (χ0) is 38.7. The molecule has 0 radical (unpaired) electrons. The molecule has 10 rings (SSSR count). The van der Waals surface area contributed by atoms with Gasteiger partial charge in [-0.15, -0.1) is 11.3 Å². The van der Waals surface area contributed by atoms with E-state index in [-0.39, 0.29) is 5.41 Å². The fourth-order valence-corrected chi connectivity index (χ4v) is 10.2. The van der Waals surface area contributed by atoms with Crippen molar-refractivity contribution in [2.75, 3.05) is 5.32 Å². The van der Waals surface area contributed by atoms with Crippen LogP contribution >= 0.6 is 11.3 Å². The smallest absolute Gasteiger partial charge is 0.211 e. The molecule has 0 saturated carbocycles. The predicted molar refractivity (Wildman–Crippen MR) is 251 cm³/mol. The second kappa shape index (κ2) is 14.3. The Bertz CT molecular complexity index is 2930. The van der Waals surface area contributed by atoms with Gasteiger partial charge in [-0.25, -0.2) is 0 Å². The Balaban J connectivity index is 1.25. The molecule has 9 aromatic rings. The van der Waals surface area contributed by atoms with Gasteiger partial charge in [0.2, 0.25) is 7.28 Å². The van der Waals surface area contributed by atoms with Gasteiger partial charge in [-0.3, -0.25) is 0 Å². The zero-order valence-electron chi connectivity index (χ0n) is 33.3. The zero-order valence-corrected chi connectivity index (χ0v) is 34.1. The van der Waals surface area contributed by atoms with E-state index in [4.69, 9.17) is 0 Å². The highest BCUT2D eigenvalue weighted by atomic mass is 32.1. The van der Waals surface area contributed by atoms with E-state index in [0.29, 0.717) is 0 Å². The van der Waals surface area contributed by atoms with Crippen molar-refractivity contribution < 1.29 is 0 Å². The number of thiophene rings is 1. The molecule has 2 nitrogen and oxygen atoms in total. The summed E-state index contributed by atoms with van der Waals surface area (Å²) in [5, 5.41) is 7.85. The Morgan fingerprint density at radius 2 is 1.37 bits per heavy atom. The number of para-hydroxylation sites is 1. The fraction of sp³-hybridized carbons (Fsp3) is 0.170. The molecular formula is C53H47BN2S. The number of nitrogens with zero attached hydrogens (tertiary/aromatic N) is 1.